The quantitative estimate of drug-likeness (QED) is 0.396. The van der Waals surface area contributed by atoms with Gasteiger partial charge in [0.05, 0.1) is 12.6 Å². The molecular weight excluding hydrogens is 176 g/mol. The molecule has 1 rings (SSSR count). The van der Waals surface area contributed by atoms with Crippen LogP contribution in [0.4, 0.5) is 0 Å². The third-order valence-electron chi connectivity index (χ3n) is 2.44. The van der Waals surface area contributed by atoms with Crippen molar-refractivity contribution < 1.29 is 4.84 Å². The van der Waals surface area contributed by atoms with Crippen LogP contribution in [-0.2, 0) is 4.84 Å². The van der Waals surface area contributed by atoms with E-state index < -0.39 is 0 Å². The van der Waals surface area contributed by atoms with Crippen molar-refractivity contribution in [1.82, 2.24) is 10.8 Å². The monoisotopic (exact) mass is 196 g/mol. The van der Waals surface area contributed by atoms with Crippen molar-refractivity contribution in [3.05, 3.63) is 24.3 Å². The maximum atomic E-state index is 5.19. The summed E-state index contributed by atoms with van der Waals surface area (Å²) in [6.45, 7) is 9.40. The van der Waals surface area contributed by atoms with Gasteiger partial charge in [0, 0.05) is 12.6 Å². The molecule has 0 aromatic heterocycles. The summed E-state index contributed by atoms with van der Waals surface area (Å²) >= 11 is 0. The van der Waals surface area contributed by atoms with Crippen LogP contribution in [0.3, 0.4) is 0 Å². The lowest BCUT2D eigenvalue weighted by atomic mass is 10.00. The second-order valence-electron chi connectivity index (χ2n) is 3.60. The molecule has 1 aliphatic heterocycles. The lowest BCUT2D eigenvalue weighted by Crippen LogP contribution is -2.46. The molecule has 0 fully saturated rings. The van der Waals surface area contributed by atoms with Gasteiger partial charge in [-0.2, -0.15) is 5.48 Å². The first-order chi connectivity index (χ1) is 6.77. The molecule has 0 aromatic rings. The summed E-state index contributed by atoms with van der Waals surface area (Å²) in [6.07, 6.45) is 5.10. The van der Waals surface area contributed by atoms with E-state index in [1.54, 1.807) is 6.08 Å². The van der Waals surface area contributed by atoms with E-state index in [1.807, 2.05) is 0 Å². The second-order valence-corrected chi connectivity index (χ2v) is 3.60. The molecule has 2 N–H and O–H groups in total. The number of hydrogen-bond acceptors (Lipinski definition) is 3. The van der Waals surface area contributed by atoms with Crippen molar-refractivity contribution in [2.24, 2.45) is 0 Å². The van der Waals surface area contributed by atoms with Gasteiger partial charge in [-0.3, -0.25) is 4.84 Å². The van der Waals surface area contributed by atoms with Gasteiger partial charge in [0.2, 0.25) is 0 Å². The zero-order chi connectivity index (χ0) is 10.4. The molecule has 80 valence electrons. The van der Waals surface area contributed by atoms with Crippen molar-refractivity contribution in [1.29, 1.82) is 0 Å². The SMILES string of the molecule is C=CCON[C@@H]1C=C(C)[C@@H](CC)NC1. The van der Waals surface area contributed by atoms with Crippen molar-refractivity contribution in [2.75, 3.05) is 13.2 Å². The summed E-state index contributed by atoms with van der Waals surface area (Å²) in [5.74, 6) is 0. The second kappa shape index (κ2) is 5.96. The summed E-state index contributed by atoms with van der Waals surface area (Å²) in [4.78, 5) is 5.19. The number of rotatable bonds is 5. The average Bonchev–Trinajstić information content (AvgIpc) is 2.18. The van der Waals surface area contributed by atoms with Gasteiger partial charge in [-0.15, -0.1) is 6.58 Å². The fraction of sp³-hybridized carbons (Fsp3) is 0.636. The highest BCUT2D eigenvalue weighted by Gasteiger charge is 2.17. The molecule has 0 amide bonds. The largest absolute Gasteiger partial charge is 0.308 e. The Labute approximate surface area is 86.2 Å². The minimum Gasteiger partial charge on any atom is -0.308 e. The summed E-state index contributed by atoms with van der Waals surface area (Å²) in [7, 11) is 0. The van der Waals surface area contributed by atoms with Gasteiger partial charge < -0.3 is 5.32 Å². The maximum absolute atomic E-state index is 5.19. The van der Waals surface area contributed by atoms with E-state index >= 15 is 0 Å². The summed E-state index contributed by atoms with van der Waals surface area (Å²) in [5.41, 5.74) is 4.37. The first-order valence-corrected chi connectivity index (χ1v) is 5.17. The predicted molar refractivity (Wildman–Crippen MR) is 58.9 cm³/mol. The normalized spacial score (nSPS) is 27.1. The fourth-order valence-corrected chi connectivity index (χ4v) is 1.68. The van der Waals surface area contributed by atoms with E-state index in [4.69, 9.17) is 4.84 Å². The molecule has 3 nitrogen and oxygen atoms in total. The number of hydrogen-bond donors (Lipinski definition) is 2. The highest BCUT2D eigenvalue weighted by atomic mass is 16.6. The lowest BCUT2D eigenvalue weighted by Gasteiger charge is -2.28. The molecule has 14 heavy (non-hydrogen) atoms. The summed E-state index contributed by atoms with van der Waals surface area (Å²) in [6, 6.07) is 0.810. The average molecular weight is 196 g/mol. The van der Waals surface area contributed by atoms with Crippen molar-refractivity contribution in [3.63, 3.8) is 0 Å². The zero-order valence-electron chi connectivity index (χ0n) is 9.05. The molecular formula is C11H20N2O. The van der Waals surface area contributed by atoms with Crippen LogP contribution in [0.5, 0.6) is 0 Å². The molecule has 0 spiro atoms. The van der Waals surface area contributed by atoms with E-state index in [-0.39, 0.29) is 6.04 Å². The molecule has 1 heterocycles. The van der Waals surface area contributed by atoms with Gasteiger partial charge in [0.1, 0.15) is 0 Å². The standard InChI is InChI=1S/C11H20N2O/c1-4-6-14-13-10-7-9(3)11(5-2)12-8-10/h4,7,10-13H,1,5-6,8H2,2-3H3/t10-,11-/m1/s1. The van der Waals surface area contributed by atoms with Crippen LogP contribution in [0.15, 0.2) is 24.3 Å². The molecule has 3 heteroatoms. The molecule has 1 aliphatic rings. The Morgan fingerprint density at radius 1 is 1.79 bits per heavy atom. The Hall–Kier alpha value is -0.640. The van der Waals surface area contributed by atoms with Gasteiger partial charge >= 0.3 is 0 Å². The van der Waals surface area contributed by atoms with Gasteiger partial charge in [-0.25, -0.2) is 0 Å². The van der Waals surface area contributed by atoms with Crippen LogP contribution in [0, 0.1) is 0 Å². The van der Waals surface area contributed by atoms with E-state index in [2.05, 4.69) is 37.3 Å². The van der Waals surface area contributed by atoms with E-state index in [9.17, 15) is 0 Å². The zero-order valence-corrected chi connectivity index (χ0v) is 9.05. The minimum absolute atomic E-state index is 0.276. The highest BCUT2D eigenvalue weighted by molar-refractivity contribution is 5.15. The van der Waals surface area contributed by atoms with Crippen LogP contribution in [-0.4, -0.2) is 25.2 Å². The lowest BCUT2D eigenvalue weighted by molar-refractivity contribution is 0.0443. The Bertz CT molecular complexity index is 213. The fourth-order valence-electron chi connectivity index (χ4n) is 1.68. The van der Waals surface area contributed by atoms with Crippen LogP contribution in [0.2, 0.25) is 0 Å². The Balaban J connectivity index is 2.35. The Kier molecular flexibility index (Phi) is 4.87. The minimum atomic E-state index is 0.276. The van der Waals surface area contributed by atoms with Crippen LogP contribution >= 0.6 is 0 Å². The third kappa shape index (κ3) is 3.25. The smallest absolute Gasteiger partial charge is 0.0861 e. The molecule has 0 aliphatic carbocycles. The molecule has 0 bridgehead atoms. The van der Waals surface area contributed by atoms with Gasteiger partial charge in [-0.1, -0.05) is 24.6 Å². The molecule has 0 radical (unpaired) electrons. The highest BCUT2D eigenvalue weighted by Crippen LogP contribution is 2.11. The first kappa shape index (κ1) is 11.4. The molecule has 0 saturated carbocycles. The first-order valence-electron chi connectivity index (χ1n) is 5.17. The van der Waals surface area contributed by atoms with Crippen molar-refractivity contribution in [2.45, 2.75) is 32.4 Å². The van der Waals surface area contributed by atoms with Crippen LogP contribution in [0.25, 0.3) is 0 Å². The topological polar surface area (TPSA) is 33.3 Å². The van der Waals surface area contributed by atoms with Crippen molar-refractivity contribution >= 4 is 0 Å². The maximum Gasteiger partial charge on any atom is 0.0861 e. The summed E-state index contributed by atoms with van der Waals surface area (Å²) < 4.78 is 0. The number of nitrogens with one attached hydrogen (secondary N) is 2. The van der Waals surface area contributed by atoms with E-state index in [0.717, 1.165) is 13.0 Å². The predicted octanol–water partition coefficient (Wildman–Crippen LogP) is 1.39. The Morgan fingerprint density at radius 3 is 3.14 bits per heavy atom. The molecule has 0 unspecified atom stereocenters. The van der Waals surface area contributed by atoms with Gasteiger partial charge in [-0.05, 0) is 13.3 Å². The van der Waals surface area contributed by atoms with Crippen LogP contribution in [0.1, 0.15) is 20.3 Å². The van der Waals surface area contributed by atoms with Gasteiger partial charge in [0.25, 0.3) is 0 Å². The Morgan fingerprint density at radius 2 is 2.57 bits per heavy atom. The number of hydroxylamine groups is 1. The van der Waals surface area contributed by atoms with Crippen LogP contribution < -0.4 is 10.8 Å². The van der Waals surface area contributed by atoms with Crippen molar-refractivity contribution in [3.8, 4) is 0 Å². The molecule has 0 saturated heterocycles. The molecule has 0 aromatic carbocycles. The van der Waals surface area contributed by atoms with E-state index in [0.29, 0.717) is 12.6 Å². The van der Waals surface area contributed by atoms with Gasteiger partial charge in [0.15, 0.2) is 0 Å². The van der Waals surface area contributed by atoms with E-state index in [1.165, 1.54) is 5.57 Å². The summed E-state index contributed by atoms with van der Waals surface area (Å²) in [5, 5.41) is 3.46. The third-order valence-corrected chi connectivity index (χ3v) is 2.44. The molecule has 2 atom stereocenters.